The molecule has 0 aromatic carbocycles. The van der Waals surface area contributed by atoms with Gasteiger partial charge in [-0.15, -0.1) is 0 Å². The fraction of sp³-hybridized carbons (Fsp3) is 1.00. The largest absolute Gasteiger partial charge is 0.379 e. The molecule has 0 unspecified atom stereocenters. The second-order valence-electron chi connectivity index (χ2n) is 4.18. The van der Waals surface area contributed by atoms with Crippen molar-refractivity contribution in [2.45, 2.75) is 26.8 Å². The molecule has 1 saturated heterocycles. The minimum Gasteiger partial charge on any atom is -0.379 e. The van der Waals surface area contributed by atoms with Crippen LogP contribution in [0.15, 0.2) is 0 Å². The Balaban J connectivity index is 2.16. The zero-order valence-electron chi connectivity index (χ0n) is 9.83. The van der Waals surface area contributed by atoms with E-state index in [1.165, 1.54) is 13.1 Å². The Morgan fingerprint density at radius 3 is 2.43 bits per heavy atom. The lowest BCUT2D eigenvalue weighted by atomic mass is 10.3. The van der Waals surface area contributed by atoms with Crippen LogP contribution in [0.25, 0.3) is 0 Å². The van der Waals surface area contributed by atoms with Crippen molar-refractivity contribution in [2.24, 2.45) is 0 Å². The Kier molecular flexibility index (Phi) is 5.45. The molecule has 1 rings (SSSR count). The van der Waals surface area contributed by atoms with E-state index in [9.17, 15) is 0 Å². The first-order valence-electron chi connectivity index (χ1n) is 5.78. The summed E-state index contributed by atoms with van der Waals surface area (Å²) in [6, 6.07) is 0.668. The molecule has 0 saturated carbocycles. The lowest BCUT2D eigenvalue weighted by Crippen LogP contribution is -2.43. The average molecular weight is 200 g/mol. The van der Waals surface area contributed by atoms with E-state index in [0.717, 1.165) is 32.8 Å². The van der Waals surface area contributed by atoms with Crippen LogP contribution in [-0.4, -0.2) is 61.8 Å². The molecule has 84 valence electrons. The summed E-state index contributed by atoms with van der Waals surface area (Å²) in [5.74, 6) is 0. The van der Waals surface area contributed by atoms with Gasteiger partial charge in [0.15, 0.2) is 0 Å². The Morgan fingerprint density at radius 1 is 1.29 bits per heavy atom. The van der Waals surface area contributed by atoms with E-state index < -0.39 is 0 Å². The van der Waals surface area contributed by atoms with Gasteiger partial charge in [0, 0.05) is 32.2 Å². The molecule has 3 heteroatoms. The molecule has 1 aliphatic rings. The average Bonchev–Trinajstić information content (AvgIpc) is 2.20. The molecular weight excluding hydrogens is 176 g/mol. The van der Waals surface area contributed by atoms with Crippen LogP contribution in [-0.2, 0) is 4.74 Å². The number of nitrogens with zero attached hydrogens (tertiary/aromatic N) is 2. The zero-order chi connectivity index (χ0) is 10.4. The predicted octanol–water partition coefficient (Wildman–Crippen LogP) is 1.05. The number of likely N-dealkylation sites (N-methyl/N-ethyl adjacent to an activating group) is 1. The van der Waals surface area contributed by atoms with Gasteiger partial charge in [0.05, 0.1) is 13.2 Å². The number of hydrogen-bond donors (Lipinski definition) is 0. The van der Waals surface area contributed by atoms with Crippen molar-refractivity contribution < 1.29 is 4.74 Å². The minimum atomic E-state index is 0.668. The molecule has 0 aromatic rings. The van der Waals surface area contributed by atoms with Crippen molar-refractivity contribution in [1.29, 1.82) is 0 Å². The second-order valence-corrected chi connectivity index (χ2v) is 4.18. The van der Waals surface area contributed by atoms with Crippen molar-refractivity contribution in [2.75, 3.05) is 45.9 Å². The maximum Gasteiger partial charge on any atom is 0.0594 e. The molecule has 14 heavy (non-hydrogen) atoms. The molecule has 0 aromatic heterocycles. The minimum absolute atomic E-state index is 0.668. The first-order valence-corrected chi connectivity index (χ1v) is 5.78. The van der Waals surface area contributed by atoms with Gasteiger partial charge in [-0.25, -0.2) is 0 Å². The van der Waals surface area contributed by atoms with Crippen LogP contribution >= 0.6 is 0 Å². The van der Waals surface area contributed by atoms with Crippen molar-refractivity contribution in [3.05, 3.63) is 0 Å². The monoisotopic (exact) mass is 200 g/mol. The third-order valence-corrected chi connectivity index (χ3v) is 2.94. The molecule has 1 heterocycles. The summed E-state index contributed by atoms with van der Waals surface area (Å²) >= 11 is 0. The van der Waals surface area contributed by atoms with Gasteiger partial charge in [-0.2, -0.15) is 0 Å². The van der Waals surface area contributed by atoms with Gasteiger partial charge in [-0.05, 0) is 20.4 Å². The fourth-order valence-electron chi connectivity index (χ4n) is 1.88. The number of rotatable bonds is 5. The van der Waals surface area contributed by atoms with Gasteiger partial charge in [0.2, 0.25) is 0 Å². The summed E-state index contributed by atoms with van der Waals surface area (Å²) in [5.41, 5.74) is 0. The number of hydrogen-bond acceptors (Lipinski definition) is 3. The summed E-state index contributed by atoms with van der Waals surface area (Å²) in [6.07, 6.45) is 0. The third-order valence-electron chi connectivity index (χ3n) is 2.94. The van der Waals surface area contributed by atoms with Gasteiger partial charge < -0.3 is 4.74 Å². The summed E-state index contributed by atoms with van der Waals surface area (Å²) < 4.78 is 5.33. The molecule has 3 nitrogen and oxygen atoms in total. The van der Waals surface area contributed by atoms with Crippen molar-refractivity contribution in [3.63, 3.8) is 0 Å². The van der Waals surface area contributed by atoms with Gasteiger partial charge in [-0.3, -0.25) is 9.80 Å². The Hall–Kier alpha value is -0.120. The zero-order valence-corrected chi connectivity index (χ0v) is 9.83. The summed E-state index contributed by atoms with van der Waals surface area (Å²) in [6.45, 7) is 14.3. The summed E-state index contributed by atoms with van der Waals surface area (Å²) in [4.78, 5) is 5.00. The van der Waals surface area contributed by atoms with Crippen molar-refractivity contribution in [1.82, 2.24) is 9.80 Å². The number of ether oxygens (including phenoxy) is 1. The highest BCUT2D eigenvalue weighted by Gasteiger charge is 2.12. The van der Waals surface area contributed by atoms with Crippen LogP contribution in [0.4, 0.5) is 0 Å². The number of morpholine rings is 1. The molecule has 1 aliphatic heterocycles. The van der Waals surface area contributed by atoms with Crippen LogP contribution in [0.1, 0.15) is 20.8 Å². The van der Waals surface area contributed by atoms with E-state index in [-0.39, 0.29) is 0 Å². The van der Waals surface area contributed by atoms with Crippen LogP contribution in [0.5, 0.6) is 0 Å². The molecule has 0 N–H and O–H groups in total. The molecule has 1 fully saturated rings. The van der Waals surface area contributed by atoms with Gasteiger partial charge in [0.25, 0.3) is 0 Å². The standard InChI is InChI=1S/C11H24N2O/c1-4-13(11(2)3)6-5-12-7-9-14-10-8-12/h11H,4-10H2,1-3H3. The molecule has 0 spiro atoms. The van der Waals surface area contributed by atoms with Gasteiger partial charge >= 0.3 is 0 Å². The van der Waals surface area contributed by atoms with Crippen LogP contribution in [0, 0.1) is 0 Å². The summed E-state index contributed by atoms with van der Waals surface area (Å²) in [5, 5.41) is 0. The first kappa shape index (κ1) is 12.0. The lowest BCUT2D eigenvalue weighted by molar-refractivity contribution is 0.0321. The molecule has 0 amide bonds. The van der Waals surface area contributed by atoms with E-state index >= 15 is 0 Å². The van der Waals surface area contributed by atoms with E-state index in [1.54, 1.807) is 0 Å². The SMILES string of the molecule is CCN(CCN1CCOCC1)C(C)C. The highest BCUT2D eigenvalue weighted by Crippen LogP contribution is 2.00. The van der Waals surface area contributed by atoms with Gasteiger partial charge in [0.1, 0.15) is 0 Å². The Bertz CT molecular complexity index is 144. The lowest BCUT2D eigenvalue weighted by Gasteiger charge is -2.31. The van der Waals surface area contributed by atoms with E-state index in [2.05, 4.69) is 30.6 Å². The van der Waals surface area contributed by atoms with E-state index in [1.807, 2.05) is 0 Å². The maximum absolute atomic E-state index is 5.33. The maximum atomic E-state index is 5.33. The highest BCUT2D eigenvalue weighted by molar-refractivity contribution is 4.67. The Morgan fingerprint density at radius 2 is 1.93 bits per heavy atom. The molecule has 0 bridgehead atoms. The fourth-order valence-corrected chi connectivity index (χ4v) is 1.88. The first-order chi connectivity index (χ1) is 6.74. The van der Waals surface area contributed by atoms with Crippen LogP contribution in [0.3, 0.4) is 0 Å². The van der Waals surface area contributed by atoms with Crippen molar-refractivity contribution in [3.8, 4) is 0 Å². The van der Waals surface area contributed by atoms with Crippen LogP contribution < -0.4 is 0 Å². The Labute approximate surface area is 88.0 Å². The van der Waals surface area contributed by atoms with Crippen molar-refractivity contribution >= 4 is 0 Å². The second kappa shape index (κ2) is 6.38. The summed E-state index contributed by atoms with van der Waals surface area (Å²) in [7, 11) is 0. The van der Waals surface area contributed by atoms with E-state index in [0.29, 0.717) is 6.04 Å². The smallest absolute Gasteiger partial charge is 0.0594 e. The normalized spacial score (nSPS) is 19.5. The van der Waals surface area contributed by atoms with E-state index in [4.69, 9.17) is 4.74 Å². The predicted molar refractivity (Wildman–Crippen MR) is 59.6 cm³/mol. The molecule has 0 radical (unpaired) electrons. The molecule has 0 aliphatic carbocycles. The van der Waals surface area contributed by atoms with Gasteiger partial charge in [-0.1, -0.05) is 6.92 Å². The quantitative estimate of drug-likeness (QED) is 0.660. The third kappa shape index (κ3) is 3.95. The molecule has 0 atom stereocenters. The molecular formula is C11H24N2O. The van der Waals surface area contributed by atoms with Crippen LogP contribution in [0.2, 0.25) is 0 Å². The topological polar surface area (TPSA) is 15.7 Å². The highest BCUT2D eigenvalue weighted by atomic mass is 16.5.